The molecule has 0 unspecified atom stereocenters. The second-order valence-corrected chi connectivity index (χ2v) is 5.89. The van der Waals surface area contributed by atoms with Gasteiger partial charge in [0.25, 0.3) is 5.91 Å². The van der Waals surface area contributed by atoms with Crippen LogP contribution in [-0.4, -0.2) is 23.6 Å². The van der Waals surface area contributed by atoms with Crippen LogP contribution >= 0.6 is 0 Å². The second kappa shape index (κ2) is 7.64. The van der Waals surface area contributed by atoms with E-state index in [1.807, 2.05) is 31.2 Å². The molecule has 0 spiro atoms. The molecule has 0 aliphatic rings. The van der Waals surface area contributed by atoms with E-state index in [2.05, 4.69) is 19.2 Å². The number of hydrogen-bond acceptors (Lipinski definition) is 3. The summed E-state index contributed by atoms with van der Waals surface area (Å²) < 4.78 is 5.12. The number of rotatable bonds is 6. The zero-order valence-corrected chi connectivity index (χ0v) is 14.0. The first-order valence-electron chi connectivity index (χ1n) is 7.73. The summed E-state index contributed by atoms with van der Waals surface area (Å²) in [5, 5.41) is 11.5. The molecule has 24 heavy (non-hydrogen) atoms. The molecular weight excluding hydrogens is 306 g/mol. The predicted molar refractivity (Wildman–Crippen MR) is 92.8 cm³/mol. The standard InChI is InChI=1S/C19H21NO4/c1-12(2)14-4-6-15(7-5-14)19(23)20-17-9-8-16(10-13(17)3)24-11-18(21)22/h4-10,12H,11H2,1-3H3,(H,20,23)(H,21,22). The molecule has 2 aromatic rings. The van der Waals surface area contributed by atoms with Gasteiger partial charge in [-0.2, -0.15) is 0 Å². The van der Waals surface area contributed by atoms with Crippen LogP contribution < -0.4 is 10.1 Å². The third-order valence-electron chi connectivity index (χ3n) is 3.65. The van der Waals surface area contributed by atoms with Gasteiger partial charge in [-0.05, 0) is 54.3 Å². The largest absolute Gasteiger partial charge is 0.482 e. The van der Waals surface area contributed by atoms with Crippen LogP contribution in [0.15, 0.2) is 42.5 Å². The predicted octanol–water partition coefficient (Wildman–Crippen LogP) is 3.83. The summed E-state index contributed by atoms with van der Waals surface area (Å²) in [7, 11) is 0. The summed E-state index contributed by atoms with van der Waals surface area (Å²) in [5.41, 5.74) is 3.23. The quantitative estimate of drug-likeness (QED) is 0.845. The number of carboxylic acid groups (broad SMARTS) is 1. The summed E-state index contributed by atoms with van der Waals surface area (Å²) in [6, 6.07) is 12.6. The van der Waals surface area contributed by atoms with E-state index in [0.29, 0.717) is 22.9 Å². The molecule has 5 heteroatoms. The summed E-state index contributed by atoms with van der Waals surface area (Å²) in [6.07, 6.45) is 0. The van der Waals surface area contributed by atoms with E-state index in [4.69, 9.17) is 9.84 Å². The maximum atomic E-state index is 12.3. The van der Waals surface area contributed by atoms with E-state index in [-0.39, 0.29) is 5.91 Å². The number of ether oxygens (including phenoxy) is 1. The lowest BCUT2D eigenvalue weighted by molar-refractivity contribution is -0.139. The first kappa shape index (κ1) is 17.5. The molecule has 5 nitrogen and oxygen atoms in total. The molecule has 0 radical (unpaired) electrons. The molecule has 0 heterocycles. The molecule has 0 saturated carbocycles. The Bertz CT molecular complexity index is 736. The summed E-state index contributed by atoms with van der Waals surface area (Å²) in [5.74, 6) is -0.348. The van der Waals surface area contributed by atoms with E-state index in [1.165, 1.54) is 5.56 Å². The number of anilines is 1. The van der Waals surface area contributed by atoms with Crippen LogP contribution in [-0.2, 0) is 4.79 Å². The van der Waals surface area contributed by atoms with Crippen LogP contribution in [0, 0.1) is 6.92 Å². The van der Waals surface area contributed by atoms with Crippen molar-refractivity contribution in [1.29, 1.82) is 0 Å². The van der Waals surface area contributed by atoms with Gasteiger partial charge < -0.3 is 15.2 Å². The topological polar surface area (TPSA) is 75.6 Å². The van der Waals surface area contributed by atoms with E-state index in [9.17, 15) is 9.59 Å². The van der Waals surface area contributed by atoms with Crippen LogP contribution in [0.5, 0.6) is 5.75 Å². The van der Waals surface area contributed by atoms with Crippen molar-refractivity contribution in [2.45, 2.75) is 26.7 Å². The maximum Gasteiger partial charge on any atom is 0.341 e. The molecule has 1 amide bonds. The number of carbonyl (C=O) groups excluding carboxylic acids is 1. The van der Waals surface area contributed by atoms with E-state index < -0.39 is 12.6 Å². The van der Waals surface area contributed by atoms with Crippen LogP contribution in [0.25, 0.3) is 0 Å². The minimum Gasteiger partial charge on any atom is -0.482 e. The number of nitrogens with one attached hydrogen (secondary N) is 1. The average Bonchev–Trinajstić information content (AvgIpc) is 2.55. The molecule has 2 N–H and O–H groups in total. The van der Waals surface area contributed by atoms with Crippen LogP contribution in [0.2, 0.25) is 0 Å². The molecule has 2 aromatic carbocycles. The molecule has 0 aliphatic carbocycles. The third kappa shape index (κ3) is 4.59. The first-order chi connectivity index (χ1) is 11.4. The monoisotopic (exact) mass is 327 g/mol. The highest BCUT2D eigenvalue weighted by atomic mass is 16.5. The SMILES string of the molecule is Cc1cc(OCC(=O)O)ccc1NC(=O)c1ccc(C(C)C)cc1. The fourth-order valence-electron chi connectivity index (χ4n) is 2.23. The average molecular weight is 327 g/mol. The lowest BCUT2D eigenvalue weighted by Crippen LogP contribution is -2.13. The smallest absolute Gasteiger partial charge is 0.341 e. The van der Waals surface area contributed by atoms with Crippen molar-refractivity contribution in [3.63, 3.8) is 0 Å². The van der Waals surface area contributed by atoms with Gasteiger partial charge in [-0.15, -0.1) is 0 Å². The van der Waals surface area contributed by atoms with E-state index in [0.717, 1.165) is 5.56 Å². The van der Waals surface area contributed by atoms with E-state index in [1.54, 1.807) is 18.2 Å². The first-order valence-corrected chi connectivity index (χ1v) is 7.73. The zero-order valence-electron chi connectivity index (χ0n) is 14.0. The number of hydrogen-bond donors (Lipinski definition) is 2. The molecule has 0 atom stereocenters. The number of carbonyl (C=O) groups is 2. The Balaban J connectivity index is 2.07. The second-order valence-electron chi connectivity index (χ2n) is 5.89. The van der Waals surface area contributed by atoms with Crippen LogP contribution in [0.4, 0.5) is 5.69 Å². The minimum atomic E-state index is -1.03. The summed E-state index contributed by atoms with van der Waals surface area (Å²) >= 11 is 0. The Morgan fingerprint density at radius 2 is 1.79 bits per heavy atom. The van der Waals surface area contributed by atoms with Gasteiger partial charge in [-0.3, -0.25) is 4.79 Å². The summed E-state index contributed by atoms with van der Waals surface area (Å²) in [4.78, 5) is 22.8. The highest BCUT2D eigenvalue weighted by Gasteiger charge is 2.09. The molecule has 0 aliphatic heterocycles. The van der Waals surface area contributed by atoms with E-state index >= 15 is 0 Å². The lowest BCUT2D eigenvalue weighted by Gasteiger charge is -2.11. The van der Waals surface area contributed by atoms with Gasteiger partial charge in [-0.1, -0.05) is 26.0 Å². The molecule has 0 saturated heterocycles. The van der Waals surface area contributed by atoms with Crippen molar-refractivity contribution in [3.05, 3.63) is 59.2 Å². The summed E-state index contributed by atoms with van der Waals surface area (Å²) in [6.45, 7) is 5.64. The van der Waals surface area contributed by atoms with Crippen molar-refractivity contribution in [1.82, 2.24) is 0 Å². The van der Waals surface area contributed by atoms with Gasteiger partial charge >= 0.3 is 5.97 Å². The molecule has 0 fully saturated rings. The van der Waals surface area contributed by atoms with Crippen molar-refractivity contribution in [2.75, 3.05) is 11.9 Å². The van der Waals surface area contributed by atoms with Gasteiger partial charge in [0.15, 0.2) is 6.61 Å². The van der Waals surface area contributed by atoms with Crippen molar-refractivity contribution in [2.24, 2.45) is 0 Å². The van der Waals surface area contributed by atoms with Crippen LogP contribution in [0.1, 0.15) is 41.3 Å². The zero-order chi connectivity index (χ0) is 17.7. The Morgan fingerprint density at radius 3 is 2.33 bits per heavy atom. The lowest BCUT2D eigenvalue weighted by atomic mass is 10.0. The van der Waals surface area contributed by atoms with Crippen molar-refractivity contribution in [3.8, 4) is 5.75 Å². The highest BCUT2D eigenvalue weighted by molar-refractivity contribution is 6.04. The van der Waals surface area contributed by atoms with Crippen molar-refractivity contribution < 1.29 is 19.4 Å². The number of benzene rings is 2. The van der Waals surface area contributed by atoms with Gasteiger partial charge in [0.05, 0.1) is 0 Å². The number of aryl methyl sites for hydroxylation is 1. The molecule has 0 bridgehead atoms. The Kier molecular flexibility index (Phi) is 5.58. The number of amides is 1. The van der Waals surface area contributed by atoms with Gasteiger partial charge in [-0.25, -0.2) is 4.79 Å². The van der Waals surface area contributed by atoms with Gasteiger partial charge in [0, 0.05) is 11.3 Å². The third-order valence-corrected chi connectivity index (χ3v) is 3.65. The normalized spacial score (nSPS) is 10.5. The van der Waals surface area contributed by atoms with Gasteiger partial charge in [0.2, 0.25) is 0 Å². The Hall–Kier alpha value is -2.82. The fraction of sp³-hybridized carbons (Fsp3) is 0.263. The fourth-order valence-corrected chi connectivity index (χ4v) is 2.23. The van der Waals surface area contributed by atoms with Crippen molar-refractivity contribution >= 4 is 17.6 Å². The highest BCUT2D eigenvalue weighted by Crippen LogP contribution is 2.22. The molecule has 126 valence electrons. The Labute approximate surface area is 141 Å². The number of aliphatic carboxylic acids is 1. The van der Waals surface area contributed by atoms with Gasteiger partial charge in [0.1, 0.15) is 5.75 Å². The number of carboxylic acids is 1. The minimum absolute atomic E-state index is 0.187. The maximum absolute atomic E-state index is 12.3. The Morgan fingerprint density at radius 1 is 1.12 bits per heavy atom. The molecule has 0 aromatic heterocycles. The van der Waals surface area contributed by atoms with Crippen LogP contribution in [0.3, 0.4) is 0 Å². The molecular formula is C19H21NO4. The molecule has 2 rings (SSSR count).